The van der Waals surface area contributed by atoms with E-state index in [0.717, 1.165) is 12.5 Å². The van der Waals surface area contributed by atoms with Crippen molar-refractivity contribution in [2.45, 2.75) is 23.8 Å². The van der Waals surface area contributed by atoms with Crippen LogP contribution in [0.4, 0.5) is 0 Å². The molecule has 1 N–H and O–H groups in total. The van der Waals surface area contributed by atoms with E-state index in [-0.39, 0.29) is 27.3 Å². The number of carboxylic acids is 1. The highest BCUT2D eigenvalue weighted by atomic mass is 35.5. The standard InChI is InChI=1S/C12H13ClO5S/c13-11-4-3-9(6-10(11)12(14)15)19(16,17)7-8-2-1-5-18-8/h3-4,6,8H,1-2,5,7H2,(H,14,15). The molecule has 1 aliphatic rings. The Hall–Kier alpha value is -1.11. The first-order chi connectivity index (χ1) is 8.90. The molecule has 0 aliphatic carbocycles. The summed E-state index contributed by atoms with van der Waals surface area (Å²) < 4.78 is 29.6. The third-order valence-electron chi connectivity index (χ3n) is 2.96. The van der Waals surface area contributed by atoms with E-state index in [2.05, 4.69) is 0 Å². The van der Waals surface area contributed by atoms with E-state index in [1.54, 1.807) is 0 Å². The van der Waals surface area contributed by atoms with Crippen LogP contribution in [-0.4, -0.2) is 38.0 Å². The van der Waals surface area contributed by atoms with Crippen LogP contribution in [0.5, 0.6) is 0 Å². The van der Waals surface area contributed by atoms with Crippen LogP contribution in [0.25, 0.3) is 0 Å². The van der Waals surface area contributed by atoms with Crippen LogP contribution in [0.1, 0.15) is 23.2 Å². The Morgan fingerprint density at radius 1 is 1.47 bits per heavy atom. The number of halogens is 1. The number of ether oxygens (including phenoxy) is 1. The van der Waals surface area contributed by atoms with E-state index < -0.39 is 15.8 Å². The zero-order valence-corrected chi connectivity index (χ0v) is 11.6. The van der Waals surface area contributed by atoms with E-state index in [0.29, 0.717) is 13.0 Å². The Morgan fingerprint density at radius 3 is 2.79 bits per heavy atom. The summed E-state index contributed by atoms with van der Waals surface area (Å²) in [6.07, 6.45) is 1.24. The minimum Gasteiger partial charge on any atom is -0.478 e. The largest absolute Gasteiger partial charge is 0.478 e. The van der Waals surface area contributed by atoms with Crippen LogP contribution in [0.2, 0.25) is 5.02 Å². The van der Waals surface area contributed by atoms with Gasteiger partial charge in [-0.3, -0.25) is 0 Å². The summed E-state index contributed by atoms with van der Waals surface area (Å²) >= 11 is 5.71. The van der Waals surface area contributed by atoms with Crippen molar-refractivity contribution in [2.75, 3.05) is 12.4 Å². The van der Waals surface area contributed by atoms with Gasteiger partial charge in [-0.1, -0.05) is 11.6 Å². The maximum absolute atomic E-state index is 12.2. The first-order valence-electron chi connectivity index (χ1n) is 5.77. The van der Waals surface area contributed by atoms with Crippen molar-refractivity contribution in [1.82, 2.24) is 0 Å². The number of benzene rings is 1. The van der Waals surface area contributed by atoms with Gasteiger partial charge in [0.2, 0.25) is 0 Å². The summed E-state index contributed by atoms with van der Waals surface area (Å²) in [5, 5.41) is 8.95. The fourth-order valence-electron chi connectivity index (χ4n) is 1.98. The van der Waals surface area contributed by atoms with Gasteiger partial charge in [0.15, 0.2) is 9.84 Å². The van der Waals surface area contributed by atoms with Gasteiger partial charge in [-0.15, -0.1) is 0 Å². The van der Waals surface area contributed by atoms with Gasteiger partial charge in [0.1, 0.15) is 0 Å². The van der Waals surface area contributed by atoms with Gasteiger partial charge >= 0.3 is 5.97 Å². The smallest absolute Gasteiger partial charge is 0.337 e. The van der Waals surface area contributed by atoms with Crippen LogP contribution in [0, 0.1) is 0 Å². The molecule has 1 aromatic carbocycles. The first-order valence-corrected chi connectivity index (χ1v) is 7.80. The molecule has 0 radical (unpaired) electrons. The highest BCUT2D eigenvalue weighted by molar-refractivity contribution is 7.91. The van der Waals surface area contributed by atoms with Gasteiger partial charge in [0.25, 0.3) is 0 Å². The molecule has 0 bridgehead atoms. The number of hydrogen-bond acceptors (Lipinski definition) is 4. The average Bonchev–Trinajstić information content (AvgIpc) is 2.80. The third-order valence-corrected chi connectivity index (χ3v) is 5.07. The molecule has 7 heteroatoms. The molecular formula is C12H13ClO5S. The molecule has 1 atom stereocenters. The zero-order valence-electron chi connectivity index (χ0n) is 10.0. The van der Waals surface area contributed by atoms with Crippen LogP contribution < -0.4 is 0 Å². The fourth-order valence-corrected chi connectivity index (χ4v) is 3.69. The molecule has 0 saturated carbocycles. The second-order valence-corrected chi connectivity index (χ2v) is 6.80. The van der Waals surface area contributed by atoms with E-state index >= 15 is 0 Å². The molecule has 0 spiro atoms. The lowest BCUT2D eigenvalue weighted by Gasteiger charge is -2.11. The van der Waals surface area contributed by atoms with E-state index in [4.69, 9.17) is 21.4 Å². The Balaban J connectivity index is 2.29. The molecule has 1 fully saturated rings. The highest BCUT2D eigenvalue weighted by Crippen LogP contribution is 2.23. The molecule has 1 aromatic rings. The minimum atomic E-state index is -3.56. The van der Waals surface area contributed by atoms with Gasteiger partial charge in [0.05, 0.1) is 27.3 Å². The topological polar surface area (TPSA) is 80.7 Å². The normalized spacial score (nSPS) is 19.5. The highest BCUT2D eigenvalue weighted by Gasteiger charge is 2.25. The molecule has 2 rings (SSSR count). The summed E-state index contributed by atoms with van der Waals surface area (Å²) in [5.41, 5.74) is -0.213. The molecule has 1 saturated heterocycles. The van der Waals surface area contributed by atoms with Gasteiger partial charge < -0.3 is 9.84 Å². The molecular weight excluding hydrogens is 292 g/mol. The van der Waals surface area contributed by atoms with Crippen molar-refractivity contribution in [2.24, 2.45) is 0 Å². The third kappa shape index (κ3) is 3.26. The quantitative estimate of drug-likeness (QED) is 0.920. The summed E-state index contributed by atoms with van der Waals surface area (Å²) in [6, 6.07) is 3.70. The van der Waals surface area contributed by atoms with Crippen molar-refractivity contribution >= 4 is 27.4 Å². The van der Waals surface area contributed by atoms with Crippen LogP contribution in [0.15, 0.2) is 23.1 Å². The summed E-state index contributed by atoms with van der Waals surface area (Å²) in [6.45, 7) is 0.571. The first kappa shape index (κ1) is 14.3. The summed E-state index contributed by atoms with van der Waals surface area (Å²) in [5.74, 6) is -1.38. The molecule has 104 valence electrons. The SMILES string of the molecule is O=C(O)c1cc(S(=O)(=O)CC2CCCO2)ccc1Cl. The van der Waals surface area contributed by atoms with E-state index in [9.17, 15) is 13.2 Å². The molecule has 0 amide bonds. The van der Waals surface area contributed by atoms with Gasteiger partial charge in [0, 0.05) is 6.61 Å². The zero-order chi connectivity index (χ0) is 14.0. The lowest BCUT2D eigenvalue weighted by Crippen LogP contribution is -2.20. The van der Waals surface area contributed by atoms with Crippen molar-refractivity contribution in [3.8, 4) is 0 Å². The summed E-state index contributed by atoms with van der Waals surface area (Å²) in [4.78, 5) is 10.9. The monoisotopic (exact) mass is 304 g/mol. The lowest BCUT2D eigenvalue weighted by atomic mass is 10.2. The van der Waals surface area contributed by atoms with Crippen molar-refractivity contribution in [3.05, 3.63) is 28.8 Å². The minimum absolute atomic E-state index is 0.0172. The molecule has 19 heavy (non-hydrogen) atoms. The van der Waals surface area contributed by atoms with Crippen molar-refractivity contribution < 1.29 is 23.1 Å². The van der Waals surface area contributed by atoms with Gasteiger partial charge in [-0.25, -0.2) is 13.2 Å². The molecule has 5 nitrogen and oxygen atoms in total. The molecule has 1 aliphatic heterocycles. The molecule has 1 unspecified atom stereocenters. The Bertz CT molecular complexity index is 590. The van der Waals surface area contributed by atoms with Crippen LogP contribution >= 0.6 is 11.6 Å². The van der Waals surface area contributed by atoms with Crippen molar-refractivity contribution in [3.63, 3.8) is 0 Å². The van der Waals surface area contributed by atoms with Gasteiger partial charge in [-0.2, -0.15) is 0 Å². The maximum atomic E-state index is 12.2. The van der Waals surface area contributed by atoms with Crippen LogP contribution in [0.3, 0.4) is 0 Å². The maximum Gasteiger partial charge on any atom is 0.337 e. The molecule has 1 heterocycles. The predicted octanol–water partition coefficient (Wildman–Crippen LogP) is 1.99. The van der Waals surface area contributed by atoms with Crippen molar-refractivity contribution in [1.29, 1.82) is 0 Å². The predicted molar refractivity (Wildman–Crippen MR) is 69.4 cm³/mol. The molecule has 0 aromatic heterocycles. The number of sulfone groups is 1. The number of carbonyl (C=O) groups is 1. The second-order valence-electron chi connectivity index (χ2n) is 4.36. The number of rotatable bonds is 4. The summed E-state index contributed by atoms with van der Waals surface area (Å²) in [7, 11) is -3.56. The number of hydrogen-bond donors (Lipinski definition) is 1. The number of aromatic carboxylic acids is 1. The Morgan fingerprint density at radius 2 is 2.21 bits per heavy atom. The van der Waals surface area contributed by atoms with Gasteiger partial charge in [-0.05, 0) is 31.0 Å². The second kappa shape index (κ2) is 5.48. The van der Waals surface area contributed by atoms with E-state index in [1.807, 2.05) is 0 Å². The number of carboxylic acid groups (broad SMARTS) is 1. The lowest BCUT2D eigenvalue weighted by molar-refractivity contribution is 0.0697. The van der Waals surface area contributed by atoms with Crippen LogP contribution in [-0.2, 0) is 14.6 Å². The Kier molecular flexibility index (Phi) is 4.13. The Labute approximate surface area is 116 Å². The fraction of sp³-hybridized carbons (Fsp3) is 0.417. The average molecular weight is 305 g/mol. The van der Waals surface area contributed by atoms with E-state index in [1.165, 1.54) is 12.1 Å².